The van der Waals surface area contributed by atoms with Gasteiger partial charge < -0.3 is 5.73 Å². The van der Waals surface area contributed by atoms with Crippen LogP contribution < -0.4 is 5.73 Å². The quantitative estimate of drug-likeness (QED) is 0.548. The SMILES string of the molecule is CC(C)c1ccc(CC(=O)C2(N)CCN(S(=O)(=O)c3ccc(C(F)(F)F)cc3Cl)CC2)cc1.Cl. The van der Waals surface area contributed by atoms with Gasteiger partial charge >= 0.3 is 6.18 Å². The van der Waals surface area contributed by atoms with E-state index >= 15 is 0 Å². The summed E-state index contributed by atoms with van der Waals surface area (Å²) in [6, 6.07) is 9.87. The van der Waals surface area contributed by atoms with Crippen molar-refractivity contribution in [1.82, 2.24) is 4.31 Å². The largest absolute Gasteiger partial charge is 0.416 e. The van der Waals surface area contributed by atoms with Crippen molar-refractivity contribution in [3.8, 4) is 0 Å². The molecule has 0 unspecified atom stereocenters. The first-order chi connectivity index (χ1) is 15.2. The van der Waals surface area contributed by atoms with Crippen LogP contribution in [0.1, 0.15) is 49.3 Å². The lowest BCUT2D eigenvalue weighted by Gasteiger charge is -2.37. The highest BCUT2D eigenvalue weighted by atomic mass is 35.5. The highest BCUT2D eigenvalue weighted by Crippen LogP contribution is 2.35. The Morgan fingerprint density at radius 3 is 2.15 bits per heavy atom. The summed E-state index contributed by atoms with van der Waals surface area (Å²) < 4.78 is 65.6. The average molecular weight is 539 g/mol. The monoisotopic (exact) mass is 538 g/mol. The second kappa shape index (κ2) is 10.5. The molecule has 0 radical (unpaired) electrons. The van der Waals surface area contributed by atoms with Gasteiger partial charge in [-0.15, -0.1) is 12.4 Å². The first kappa shape index (κ1) is 28.6. The van der Waals surface area contributed by atoms with E-state index in [0.717, 1.165) is 21.5 Å². The van der Waals surface area contributed by atoms with Gasteiger partial charge in [0.2, 0.25) is 10.0 Å². The van der Waals surface area contributed by atoms with Crippen molar-refractivity contribution in [2.75, 3.05) is 13.1 Å². The van der Waals surface area contributed by atoms with Crippen LogP contribution in [-0.4, -0.2) is 37.1 Å². The van der Waals surface area contributed by atoms with Crippen LogP contribution in [0.2, 0.25) is 5.02 Å². The molecule has 0 bridgehead atoms. The smallest absolute Gasteiger partial charge is 0.319 e. The van der Waals surface area contributed by atoms with Crippen LogP contribution in [0.5, 0.6) is 0 Å². The summed E-state index contributed by atoms with van der Waals surface area (Å²) in [5.41, 5.74) is 6.14. The molecule has 0 aromatic heterocycles. The van der Waals surface area contributed by atoms with E-state index in [2.05, 4.69) is 13.8 Å². The van der Waals surface area contributed by atoms with Crippen LogP contribution in [0.4, 0.5) is 13.2 Å². The third kappa shape index (κ3) is 6.12. The molecule has 1 saturated heterocycles. The summed E-state index contributed by atoms with van der Waals surface area (Å²) in [5, 5.41) is -0.504. The van der Waals surface area contributed by atoms with E-state index in [9.17, 15) is 26.4 Å². The number of benzene rings is 2. The number of sulfonamides is 1. The molecule has 0 saturated carbocycles. The van der Waals surface area contributed by atoms with Crippen LogP contribution in [0.3, 0.4) is 0 Å². The molecule has 2 aromatic rings. The van der Waals surface area contributed by atoms with E-state index in [-0.39, 0.29) is 50.5 Å². The van der Waals surface area contributed by atoms with E-state index < -0.39 is 37.2 Å². The molecule has 2 aromatic carbocycles. The minimum Gasteiger partial charge on any atom is -0.319 e. The topological polar surface area (TPSA) is 80.5 Å². The van der Waals surface area contributed by atoms with Gasteiger partial charge in [0, 0.05) is 19.5 Å². The van der Waals surface area contributed by atoms with Gasteiger partial charge in [-0.1, -0.05) is 49.7 Å². The summed E-state index contributed by atoms with van der Waals surface area (Å²) in [6.45, 7) is 4.09. The lowest BCUT2D eigenvalue weighted by atomic mass is 9.82. The fourth-order valence-electron chi connectivity index (χ4n) is 3.81. The normalized spacial score (nSPS) is 16.8. The van der Waals surface area contributed by atoms with Crippen molar-refractivity contribution < 1.29 is 26.4 Å². The number of hydrogen-bond donors (Lipinski definition) is 1. The minimum absolute atomic E-state index is 0. The highest BCUT2D eigenvalue weighted by molar-refractivity contribution is 7.89. The van der Waals surface area contributed by atoms with Crippen LogP contribution in [-0.2, 0) is 27.4 Å². The molecule has 0 aliphatic carbocycles. The second-order valence-electron chi connectivity index (χ2n) is 8.70. The van der Waals surface area contributed by atoms with Crippen LogP contribution in [0.15, 0.2) is 47.4 Å². The van der Waals surface area contributed by atoms with Crippen molar-refractivity contribution in [3.63, 3.8) is 0 Å². The van der Waals surface area contributed by atoms with Crippen molar-refractivity contribution in [3.05, 3.63) is 64.2 Å². The predicted molar refractivity (Wildman–Crippen MR) is 128 cm³/mol. The summed E-state index contributed by atoms with van der Waals surface area (Å²) in [7, 11) is -4.14. The molecule has 1 fully saturated rings. The van der Waals surface area contributed by atoms with Crippen LogP contribution in [0, 0.1) is 0 Å². The van der Waals surface area contributed by atoms with Gasteiger partial charge in [-0.25, -0.2) is 8.42 Å². The van der Waals surface area contributed by atoms with Gasteiger partial charge in [0.25, 0.3) is 0 Å². The Kier molecular flexibility index (Phi) is 8.86. The molecule has 11 heteroatoms. The standard InChI is InChI=1S/C23H26ClF3N2O3S.ClH/c1-15(2)17-5-3-16(4-6-17)13-21(30)22(28)9-11-29(12-10-22)33(31,32)20-8-7-18(14-19(20)24)23(25,26)27;/h3-8,14-15H,9-13,28H2,1-2H3;1H. The molecule has 3 rings (SSSR count). The molecule has 1 aliphatic heterocycles. The Morgan fingerprint density at radius 2 is 1.68 bits per heavy atom. The van der Waals surface area contributed by atoms with Crippen molar-refractivity contribution in [2.24, 2.45) is 5.73 Å². The molecular weight excluding hydrogens is 512 g/mol. The zero-order valence-electron chi connectivity index (χ0n) is 18.7. The molecule has 1 aliphatic rings. The lowest BCUT2D eigenvalue weighted by Crippen LogP contribution is -2.57. The Hall–Kier alpha value is -1.65. The number of carbonyl (C=O) groups excluding carboxylic acids is 1. The number of piperidine rings is 1. The zero-order valence-corrected chi connectivity index (χ0v) is 21.1. The number of hydrogen-bond acceptors (Lipinski definition) is 4. The van der Waals surface area contributed by atoms with E-state index in [4.69, 9.17) is 17.3 Å². The van der Waals surface area contributed by atoms with Crippen LogP contribution >= 0.6 is 24.0 Å². The Bertz CT molecular complexity index is 1130. The average Bonchev–Trinajstić information content (AvgIpc) is 2.73. The molecule has 1 heterocycles. The van der Waals surface area contributed by atoms with E-state index in [0.29, 0.717) is 18.1 Å². The predicted octanol–water partition coefficient (Wildman–Crippen LogP) is 5.20. The number of alkyl halides is 3. The van der Waals surface area contributed by atoms with Gasteiger partial charge in [-0.3, -0.25) is 4.79 Å². The first-order valence-corrected chi connectivity index (χ1v) is 12.3. The number of carbonyl (C=O) groups is 1. The van der Waals surface area contributed by atoms with Gasteiger partial charge in [0.05, 0.1) is 16.1 Å². The number of nitrogens with two attached hydrogens (primary N) is 1. The third-order valence-corrected chi connectivity index (χ3v) is 8.44. The summed E-state index contributed by atoms with van der Waals surface area (Å²) in [5.74, 6) is 0.199. The Balaban J connectivity index is 0.00000408. The highest BCUT2D eigenvalue weighted by Gasteiger charge is 2.41. The summed E-state index contributed by atoms with van der Waals surface area (Å²) >= 11 is 5.88. The maximum Gasteiger partial charge on any atom is 0.416 e. The molecule has 34 heavy (non-hydrogen) atoms. The van der Waals surface area contributed by atoms with E-state index in [1.807, 2.05) is 24.3 Å². The zero-order chi connectivity index (χ0) is 24.6. The number of ketones is 1. The molecule has 0 atom stereocenters. The Morgan fingerprint density at radius 1 is 1.12 bits per heavy atom. The van der Waals surface area contributed by atoms with Crippen molar-refractivity contribution in [1.29, 1.82) is 0 Å². The van der Waals surface area contributed by atoms with E-state index in [1.54, 1.807) is 0 Å². The van der Waals surface area contributed by atoms with Gasteiger partial charge in [-0.2, -0.15) is 17.5 Å². The van der Waals surface area contributed by atoms with Gasteiger partial charge in [0.1, 0.15) is 4.90 Å². The maximum absolute atomic E-state index is 13.0. The van der Waals surface area contributed by atoms with Gasteiger partial charge in [-0.05, 0) is 48.1 Å². The van der Waals surface area contributed by atoms with Crippen molar-refractivity contribution >= 4 is 39.8 Å². The van der Waals surface area contributed by atoms with Crippen molar-refractivity contribution in [2.45, 2.75) is 55.6 Å². The molecule has 5 nitrogen and oxygen atoms in total. The summed E-state index contributed by atoms with van der Waals surface area (Å²) in [6.07, 6.45) is -4.28. The molecular formula is C23H27Cl2F3N2O3S. The molecule has 2 N–H and O–H groups in total. The third-order valence-electron chi connectivity index (χ3n) is 6.06. The second-order valence-corrected chi connectivity index (χ2v) is 11.0. The van der Waals surface area contributed by atoms with Crippen LogP contribution in [0.25, 0.3) is 0 Å². The maximum atomic E-state index is 13.0. The number of rotatable bonds is 6. The number of Topliss-reactive ketones (excluding diaryl/α,β-unsaturated/α-hetero) is 1. The lowest BCUT2D eigenvalue weighted by molar-refractivity contribution is -0.137. The summed E-state index contributed by atoms with van der Waals surface area (Å²) in [4.78, 5) is 12.5. The minimum atomic E-state index is -4.63. The van der Waals surface area contributed by atoms with Gasteiger partial charge in [0.15, 0.2) is 5.78 Å². The fraction of sp³-hybridized carbons (Fsp3) is 0.435. The number of halogens is 5. The molecule has 188 valence electrons. The number of nitrogens with zero attached hydrogens (tertiary/aromatic N) is 1. The first-order valence-electron chi connectivity index (χ1n) is 10.5. The van der Waals surface area contributed by atoms with E-state index in [1.165, 1.54) is 0 Å². The molecule has 0 spiro atoms. The Labute approximate surface area is 208 Å². The fourth-order valence-corrected chi connectivity index (χ4v) is 5.77. The molecule has 0 amide bonds.